The topological polar surface area (TPSA) is 52.6 Å². The maximum absolute atomic E-state index is 11.0. The van der Waals surface area contributed by atoms with Crippen LogP contribution in [-0.4, -0.2) is 11.9 Å². The summed E-state index contributed by atoms with van der Waals surface area (Å²) in [5.41, 5.74) is 0.828. The third-order valence-corrected chi connectivity index (χ3v) is 1.94. The summed E-state index contributed by atoms with van der Waals surface area (Å²) < 4.78 is 10.0. The molecular weight excluding hydrogens is 208 g/mol. The summed E-state index contributed by atoms with van der Waals surface area (Å²) in [7, 11) is 0. The van der Waals surface area contributed by atoms with Gasteiger partial charge in [0, 0.05) is 13.8 Å². The van der Waals surface area contributed by atoms with Gasteiger partial charge in [0.1, 0.15) is 0 Å². The number of benzene rings is 1. The number of esters is 2. The molecular formula is C12H14O4. The summed E-state index contributed by atoms with van der Waals surface area (Å²) >= 11 is 0. The first kappa shape index (κ1) is 12.2. The maximum atomic E-state index is 11.0. The number of hydrogen-bond donors (Lipinski definition) is 0. The molecule has 0 aliphatic heterocycles. The lowest BCUT2D eigenvalue weighted by Crippen LogP contribution is -2.08. The second-order valence-electron chi connectivity index (χ2n) is 3.29. The molecule has 0 spiro atoms. The van der Waals surface area contributed by atoms with Gasteiger partial charge in [0.25, 0.3) is 0 Å². The van der Waals surface area contributed by atoms with Gasteiger partial charge in [0.15, 0.2) is 11.5 Å². The highest BCUT2D eigenvalue weighted by molar-refractivity contribution is 5.74. The molecule has 0 bridgehead atoms. The molecule has 0 amide bonds. The van der Waals surface area contributed by atoms with Gasteiger partial charge >= 0.3 is 11.9 Å². The number of hydrogen-bond acceptors (Lipinski definition) is 4. The molecule has 16 heavy (non-hydrogen) atoms. The van der Waals surface area contributed by atoms with Crippen LogP contribution in [0.5, 0.6) is 11.5 Å². The van der Waals surface area contributed by atoms with Crippen molar-refractivity contribution in [3.8, 4) is 11.5 Å². The van der Waals surface area contributed by atoms with Gasteiger partial charge in [0.05, 0.1) is 0 Å². The van der Waals surface area contributed by atoms with Gasteiger partial charge in [-0.3, -0.25) is 9.59 Å². The Hall–Kier alpha value is -1.84. The van der Waals surface area contributed by atoms with E-state index in [-0.39, 0.29) is 5.75 Å². The summed E-state index contributed by atoms with van der Waals surface area (Å²) in [6.45, 7) is 4.54. The predicted molar refractivity (Wildman–Crippen MR) is 58.4 cm³/mol. The number of ether oxygens (including phenoxy) is 2. The Bertz CT molecular complexity index is 409. The van der Waals surface area contributed by atoms with Gasteiger partial charge in [-0.25, -0.2) is 0 Å². The average molecular weight is 222 g/mol. The molecule has 1 rings (SSSR count). The van der Waals surface area contributed by atoms with E-state index in [1.807, 2.05) is 13.0 Å². The van der Waals surface area contributed by atoms with Crippen molar-refractivity contribution in [3.63, 3.8) is 0 Å². The number of aryl methyl sites for hydroxylation is 1. The first-order chi connectivity index (χ1) is 7.54. The third kappa shape index (κ3) is 3.08. The number of para-hydroxylation sites is 1. The van der Waals surface area contributed by atoms with Crippen molar-refractivity contribution >= 4 is 11.9 Å². The summed E-state index contributed by atoms with van der Waals surface area (Å²) in [5, 5.41) is 0. The van der Waals surface area contributed by atoms with Gasteiger partial charge in [-0.1, -0.05) is 19.1 Å². The number of carbonyl (C=O) groups excluding carboxylic acids is 2. The van der Waals surface area contributed by atoms with E-state index in [4.69, 9.17) is 9.47 Å². The fraction of sp³-hybridized carbons (Fsp3) is 0.333. The standard InChI is InChI=1S/C12H14O4/c1-4-10-6-5-7-11(15-8(2)13)12(10)16-9(3)14/h5-7H,4H2,1-3H3. The zero-order valence-corrected chi connectivity index (χ0v) is 9.57. The summed E-state index contributed by atoms with van der Waals surface area (Å²) in [6.07, 6.45) is 0.692. The Balaban J connectivity index is 3.14. The predicted octanol–water partition coefficient (Wildman–Crippen LogP) is 2.10. The summed E-state index contributed by atoms with van der Waals surface area (Å²) in [5.74, 6) is -0.272. The first-order valence-corrected chi connectivity index (χ1v) is 5.03. The molecule has 0 aromatic heterocycles. The number of carbonyl (C=O) groups is 2. The minimum Gasteiger partial charge on any atom is -0.423 e. The minimum absolute atomic E-state index is 0.280. The van der Waals surface area contributed by atoms with Crippen LogP contribution < -0.4 is 9.47 Å². The average Bonchev–Trinajstić information content (AvgIpc) is 2.19. The van der Waals surface area contributed by atoms with Crippen molar-refractivity contribution < 1.29 is 19.1 Å². The van der Waals surface area contributed by atoms with Crippen molar-refractivity contribution in [2.24, 2.45) is 0 Å². The van der Waals surface area contributed by atoms with E-state index in [2.05, 4.69) is 0 Å². The lowest BCUT2D eigenvalue weighted by molar-refractivity contribution is -0.134. The fourth-order valence-corrected chi connectivity index (χ4v) is 1.33. The molecule has 1 aromatic carbocycles. The van der Waals surface area contributed by atoms with Crippen molar-refractivity contribution in [2.45, 2.75) is 27.2 Å². The molecule has 0 saturated carbocycles. The van der Waals surface area contributed by atoms with E-state index in [0.717, 1.165) is 5.56 Å². The van der Waals surface area contributed by atoms with E-state index in [9.17, 15) is 9.59 Å². The minimum atomic E-state index is -0.443. The second kappa shape index (κ2) is 5.30. The van der Waals surface area contributed by atoms with Gasteiger partial charge in [-0.15, -0.1) is 0 Å². The van der Waals surface area contributed by atoms with Crippen LogP contribution in [0.4, 0.5) is 0 Å². The van der Waals surface area contributed by atoms with Crippen LogP contribution in [0.1, 0.15) is 26.3 Å². The normalized spacial score (nSPS) is 9.69. The van der Waals surface area contributed by atoms with E-state index in [1.54, 1.807) is 12.1 Å². The second-order valence-corrected chi connectivity index (χ2v) is 3.29. The Morgan fingerprint density at radius 1 is 1.12 bits per heavy atom. The largest absolute Gasteiger partial charge is 0.423 e. The van der Waals surface area contributed by atoms with Crippen molar-refractivity contribution in [1.29, 1.82) is 0 Å². The highest BCUT2D eigenvalue weighted by Gasteiger charge is 2.13. The Labute approximate surface area is 94.2 Å². The molecule has 0 unspecified atom stereocenters. The smallest absolute Gasteiger partial charge is 0.308 e. The highest BCUT2D eigenvalue weighted by Crippen LogP contribution is 2.31. The van der Waals surface area contributed by atoms with Gasteiger partial charge in [0.2, 0.25) is 0 Å². The quantitative estimate of drug-likeness (QED) is 0.580. The van der Waals surface area contributed by atoms with E-state index in [1.165, 1.54) is 13.8 Å². The molecule has 0 saturated heterocycles. The number of rotatable bonds is 3. The SMILES string of the molecule is CCc1cccc(OC(C)=O)c1OC(C)=O. The van der Waals surface area contributed by atoms with Gasteiger partial charge < -0.3 is 9.47 Å². The van der Waals surface area contributed by atoms with Crippen LogP contribution in [0.25, 0.3) is 0 Å². The molecule has 86 valence electrons. The molecule has 0 heterocycles. The van der Waals surface area contributed by atoms with Crippen LogP contribution in [0, 0.1) is 0 Å². The molecule has 0 aliphatic carbocycles. The first-order valence-electron chi connectivity index (χ1n) is 5.03. The molecule has 0 aliphatic rings. The summed E-state index contributed by atoms with van der Waals surface area (Å²) in [4.78, 5) is 21.8. The van der Waals surface area contributed by atoms with Crippen LogP contribution in [0.3, 0.4) is 0 Å². The fourth-order valence-electron chi connectivity index (χ4n) is 1.33. The monoisotopic (exact) mass is 222 g/mol. The highest BCUT2D eigenvalue weighted by atomic mass is 16.6. The van der Waals surface area contributed by atoms with Crippen molar-refractivity contribution in [1.82, 2.24) is 0 Å². The maximum Gasteiger partial charge on any atom is 0.308 e. The molecule has 4 heteroatoms. The van der Waals surface area contributed by atoms with E-state index in [0.29, 0.717) is 12.2 Å². The zero-order chi connectivity index (χ0) is 12.1. The van der Waals surface area contributed by atoms with Crippen LogP contribution in [0.2, 0.25) is 0 Å². The van der Waals surface area contributed by atoms with Crippen molar-refractivity contribution in [2.75, 3.05) is 0 Å². The van der Waals surface area contributed by atoms with Gasteiger partial charge in [-0.05, 0) is 18.1 Å². The molecule has 1 aromatic rings. The van der Waals surface area contributed by atoms with Crippen LogP contribution in [0.15, 0.2) is 18.2 Å². The molecule has 0 radical (unpaired) electrons. The molecule has 0 N–H and O–H groups in total. The van der Waals surface area contributed by atoms with E-state index >= 15 is 0 Å². The zero-order valence-electron chi connectivity index (χ0n) is 9.57. The third-order valence-electron chi connectivity index (χ3n) is 1.94. The molecule has 0 atom stereocenters. The molecule has 0 fully saturated rings. The summed E-state index contributed by atoms with van der Waals surface area (Å²) in [6, 6.07) is 5.17. The molecule has 4 nitrogen and oxygen atoms in total. The Morgan fingerprint density at radius 2 is 1.75 bits per heavy atom. The Morgan fingerprint density at radius 3 is 2.25 bits per heavy atom. The lowest BCUT2D eigenvalue weighted by Gasteiger charge is -2.11. The van der Waals surface area contributed by atoms with E-state index < -0.39 is 11.9 Å². The van der Waals surface area contributed by atoms with Crippen LogP contribution in [-0.2, 0) is 16.0 Å². The Kier molecular flexibility index (Phi) is 4.05. The lowest BCUT2D eigenvalue weighted by atomic mass is 10.1. The van der Waals surface area contributed by atoms with Crippen LogP contribution >= 0.6 is 0 Å². The van der Waals surface area contributed by atoms with Gasteiger partial charge in [-0.2, -0.15) is 0 Å². The van der Waals surface area contributed by atoms with Crippen molar-refractivity contribution in [3.05, 3.63) is 23.8 Å².